The van der Waals surface area contributed by atoms with Gasteiger partial charge in [-0.3, -0.25) is 9.59 Å². The van der Waals surface area contributed by atoms with E-state index in [1.54, 1.807) is 0 Å². The van der Waals surface area contributed by atoms with Gasteiger partial charge in [-0.15, -0.1) is 0 Å². The van der Waals surface area contributed by atoms with Gasteiger partial charge in [0.25, 0.3) is 0 Å². The number of carbonyl (C=O) groups excluding carboxylic acids is 2. The highest BCUT2D eigenvalue weighted by molar-refractivity contribution is 5.70. The van der Waals surface area contributed by atoms with Gasteiger partial charge >= 0.3 is 11.9 Å². The van der Waals surface area contributed by atoms with Crippen molar-refractivity contribution in [1.29, 1.82) is 0 Å². The highest BCUT2D eigenvalue weighted by atomic mass is 16.7. The Bertz CT molecular complexity index is 1480. The summed E-state index contributed by atoms with van der Waals surface area (Å²) in [5, 5.41) is 72.2. The van der Waals surface area contributed by atoms with Gasteiger partial charge < -0.3 is 64.2 Å². The van der Waals surface area contributed by atoms with Gasteiger partial charge in [-0.2, -0.15) is 0 Å². The van der Waals surface area contributed by atoms with E-state index in [1.807, 2.05) is 12.2 Å². The van der Waals surface area contributed by atoms with Gasteiger partial charge in [-0.25, -0.2) is 0 Å². The largest absolute Gasteiger partial charge is 0.462 e. The first-order valence-electron chi connectivity index (χ1n) is 27.9. The maximum absolute atomic E-state index is 13.0. The summed E-state index contributed by atoms with van der Waals surface area (Å²) >= 11 is 0. The van der Waals surface area contributed by atoms with Gasteiger partial charge in [0.05, 0.1) is 19.8 Å². The summed E-state index contributed by atoms with van der Waals surface area (Å²) in [7, 11) is 0. The first-order valence-corrected chi connectivity index (χ1v) is 27.9. The third-order valence-electron chi connectivity index (χ3n) is 13.0. The van der Waals surface area contributed by atoms with Gasteiger partial charge in [0.1, 0.15) is 55.4 Å². The Morgan fingerprint density at radius 2 is 0.847 bits per heavy atom. The van der Waals surface area contributed by atoms with E-state index in [1.165, 1.54) is 83.5 Å². The van der Waals surface area contributed by atoms with E-state index in [2.05, 4.69) is 62.5 Å². The van der Waals surface area contributed by atoms with E-state index in [0.717, 1.165) is 64.2 Å². The summed E-state index contributed by atoms with van der Waals surface area (Å²) in [5.41, 5.74) is 0. The van der Waals surface area contributed by atoms with Crippen LogP contribution in [0.1, 0.15) is 194 Å². The number of ether oxygens (including phenoxy) is 6. The van der Waals surface area contributed by atoms with Crippen LogP contribution in [0.25, 0.3) is 0 Å². The zero-order chi connectivity index (χ0) is 52.4. The molecule has 416 valence electrons. The minimum absolute atomic E-state index is 0.0860. The number of hydrogen-bond acceptors (Lipinski definition) is 15. The van der Waals surface area contributed by atoms with E-state index in [4.69, 9.17) is 28.4 Å². The third kappa shape index (κ3) is 30.5. The molecule has 0 aromatic carbocycles. The van der Waals surface area contributed by atoms with Crippen molar-refractivity contribution < 1.29 is 73.8 Å². The topological polar surface area (TPSA) is 231 Å². The molecule has 4 unspecified atom stereocenters. The van der Waals surface area contributed by atoms with Crippen molar-refractivity contribution in [2.24, 2.45) is 0 Å². The number of allylic oxidation sites excluding steroid dienone is 10. The number of esters is 2. The monoisotopic (exact) mass is 1020 g/mol. The lowest BCUT2D eigenvalue weighted by atomic mass is 9.98. The van der Waals surface area contributed by atoms with Crippen molar-refractivity contribution in [2.45, 2.75) is 261 Å². The second-order valence-corrected chi connectivity index (χ2v) is 19.4. The molecule has 11 atom stereocenters. The Hall–Kier alpha value is -2.80. The minimum Gasteiger partial charge on any atom is -0.462 e. The number of aliphatic hydroxyl groups excluding tert-OH is 7. The molecule has 0 aromatic rings. The summed E-state index contributed by atoms with van der Waals surface area (Å²) < 4.78 is 33.6. The van der Waals surface area contributed by atoms with E-state index in [9.17, 15) is 45.3 Å². The highest BCUT2D eigenvalue weighted by Crippen LogP contribution is 2.26. The van der Waals surface area contributed by atoms with E-state index >= 15 is 0 Å². The van der Waals surface area contributed by atoms with E-state index in [0.29, 0.717) is 19.3 Å². The average molecular weight is 1020 g/mol. The lowest BCUT2D eigenvalue weighted by molar-refractivity contribution is -0.332. The molecule has 0 aromatic heterocycles. The van der Waals surface area contributed by atoms with Crippen LogP contribution >= 0.6 is 0 Å². The van der Waals surface area contributed by atoms with Crippen LogP contribution in [0, 0.1) is 0 Å². The first-order chi connectivity index (χ1) is 35.0. The van der Waals surface area contributed by atoms with Crippen molar-refractivity contribution in [3.8, 4) is 0 Å². The summed E-state index contributed by atoms with van der Waals surface area (Å²) in [6.07, 6.45) is 33.9. The Morgan fingerprint density at radius 3 is 1.36 bits per heavy atom. The van der Waals surface area contributed by atoms with Gasteiger partial charge in [0.2, 0.25) is 0 Å². The molecule has 72 heavy (non-hydrogen) atoms. The zero-order valence-electron chi connectivity index (χ0n) is 44.1. The molecule has 2 aliphatic heterocycles. The van der Waals surface area contributed by atoms with Crippen LogP contribution in [-0.4, -0.2) is 142 Å². The van der Waals surface area contributed by atoms with Crippen LogP contribution in [0.15, 0.2) is 60.8 Å². The molecule has 0 amide bonds. The Kier molecular flexibility index (Phi) is 39.4. The van der Waals surface area contributed by atoms with Crippen molar-refractivity contribution in [3.05, 3.63) is 60.8 Å². The number of unbranched alkanes of at least 4 members (excludes halogenated alkanes) is 19. The standard InChI is InChI=1S/C57H98O15/c1-3-5-7-9-11-13-15-17-19-20-21-22-23-24-26-28-30-32-34-36-38-40-49(60)70-45(42-67-48(59)39-37-35-33-31-29-27-25-18-16-14-12-10-8-6-4-2)43-68-56-55(66)53(64)51(62)47(72-56)44-69-57-54(65)52(63)50(61)46(41-58)71-57/h18-20,22-23,25-26,28,32,34,45-47,50-58,61-66H,3-17,21,24,27,29-31,33,35-44H2,1-2H3/b20-19+,23-22+,25-18+,28-26+,34-32+/t45-,46+,47+,50-,51-,52?,53?,54?,55?,56+,57+/m1/s1. The second-order valence-electron chi connectivity index (χ2n) is 19.4. The summed E-state index contributed by atoms with van der Waals surface area (Å²) in [5.74, 6) is -1.00. The molecule has 2 rings (SSSR count). The molecular formula is C57H98O15. The third-order valence-corrected chi connectivity index (χ3v) is 13.0. The number of rotatable bonds is 43. The van der Waals surface area contributed by atoms with Crippen molar-refractivity contribution in [2.75, 3.05) is 26.4 Å². The Morgan fingerprint density at radius 1 is 0.444 bits per heavy atom. The van der Waals surface area contributed by atoms with Crippen LogP contribution in [-0.2, 0) is 38.0 Å². The molecular weight excluding hydrogens is 925 g/mol. The van der Waals surface area contributed by atoms with E-state index in [-0.39, 0.29) is 19.4 Å². The molecule has 2 saturated heterocycles. The lowest BCUT2D eigenvalue weighted by Gasteiger charge is -2.42. The summed E-state index contributed by atoms with van der Waals surface area (Å²) in [6, 6.07) is 0. The Labute approximate surface area is 432 Å². The highest BCUT2D eigenvalue weighted by Gasteiger charge is 2.47. The molecule has 2 aliphatic rings. The second kappa shape index (κ2) is 43.4. The van der Waals surface area contributed by atoms with E-state index < -0.39 is 99.3 Å². The smallest absolute Gasteiger partial charge is 0.306 e. The predicted molar refractivity (Wildman–Crippen MR) is 280 cm³/mol. The van der Waals surface area contributed by atoms with Gasteiger partial charge in [-0.05, 0) is 77.0 Å². The predicted octanol–water partition coefficient (Wildman–Crippen LogP) is 8.83. The fraction of sp³-hybridized carbons (Fsp3) is 0.789. The number of carbonyl (C=O) groups is 2. The number of hydrogen-bond donors (Lipinski definition) is 7. The summed E-state index contributed by atoms with van der Waals surface area (Å²) in [6.45, 7) is 2.52. The fourth-order valence-corrected chi connectivity index (χ4v) is 8.38. The van der Waals surface area contributed by atoms with Crippen molar-refractivity contribution in [3.63, 3.8) is 0 Å². The van der Waals surface area contributed by atoms with Gasteiger partial charge in [-0.1, -0.05) is 164 Å². The minimum atomic E-state index is -1.78. The van der Waals surface area contributed by atoms with Crippen molar-refractivity contribution in [1.82, 2.24) is 0 Å². The molecule has 2 fully saturated rings. The molecule has 0 aliphatic carbocycles. The van der Waals surface area contributed by atoms with Gasteiger partial charge in [0.15, 0.2) is 18.7 Å². The molecule has 15 nitrogen and oxygen atoms in total. The number of aliphatic hydroxyl groups is 7. The fourth-order valence-electron chi connectivity index (χ4n) is 8.38. The van der Waals surface area contributed by atoms with Crippen LogP contribution in [0.5, 0.6) is 0 Å². The lowest BCUT2D eigenvalue weighted by Crippen LogP contribution is -2.61. The maximum Gasteiger partial charge on any atom is 0.306 e. The molecule has 15 heteroatoms. The van der Waals surface area contributed by atoms with Crippen molar-refractivity contribution >= 4 is 11.9 Å². The zero-order valence-corrected chi connectivity index (χ0v) is 44.1. The molecule has 0 radical (unpaired) electrons. The SMILES string of the molecule is CCCCCCCC/C=C/CCCCCCCC(=O)OC[C@H](CO[C@H]1O[C@@H](CO[C@H]2O[C@@H](CO)[C@@H](O)C(O)C2O)[C@@H](O)C(O)C1O)OC(=O)CCC/C=C/C/C=C/C/C=C/C/C=C/CCCCCCCCC. The quantitative estimate of drug-likeness (QED) is 0.0172. The van der Waals surface area contributed by atoms with Crippen LogP contribution in [0.4, 0.5) is 0 Å². The van der Waals surface area contributed by atoms with Crippen LogP contribution in [0.2, 0.25) is 0 Å². The molecule has 7 N–H and O–H groups in total. The molecule has 0 spiro atoms. The maximum atomic E-state index is 13.0. The van der Waals surface area contributed by atoms with Gasteiger partial charge in [0, 0.05) is 12.8 Å². The normalized spacial score (nSPS) is 25.5. The summed E-state index contributed by atoms with van der Waals surface area (Å²) in [4.78, 5) is 25.8. The molecule has 2 heterocycles. The average Bonchev–Trinajstić information content (AvgIpc) is 3.37. The molecule has 0 saturated carbocycles. The Balaban J connectivity index is 1.81. The van der Waals surface area contributed by atoms with Crippen LogP contribution < -0.4 is 0 Å². The van der Waals surface area contributed by atoms with Crippen LogP contribution in [0.3, 0.4) is 0 Å². The first kappa shape index (κ1) is 65.3. The molecule has 0 bridgehead atoms.